The summed E-state index contributed by atoms with van der Waals surface area (Å²) in [6.45, 7) is 8.66. The summed E-state index contributed by atoms with van der Waals surface area (Å²) < 4.78 is 6.03. The zero-order valence-electron chi connectivity index (χ0n) is 14.3. The Hall–Kier alpha value is -1.74. The predicted molar refractivity (Wildman–Crippen MR) is 97.2 cm³/mol. The zero-order chi connectivity index (χ0) is 16.8. The molecule has 0 radical (unpaired) electrons. The predicted octanol–water partition coefficient (Wildman–Crippen LogP) is 5.47. The van der Waals surface area contributed by atoms with Gasteiger partial charge in [-0.15, -0.1) is 0 Å². The molecule has 0 spiro atoms. The largest absolute Gasteiger partial charge is 0.489 e. The number of aryl methyl sites for hydroxylation is 3. The quantitative estimate of drug-likeness (QED) is 0.657. The maximum absolute atomic E-state index is 11.8. The molecular formula is C20H24O2S. The molecule has 0 aliphatic carbocycles. The summed E-state index contributed by atoms with van der Waals surface area (Å²) in [6, 6.07) is 12.4. The molecule has 23 heavy (non-hydrogen) atoms. The second-order valence-electron chi connectivity index (χ2n) is 5.62. The van der Waals surface area contributed by atoms with Crippen LogP contribution in [-0.4, -0.2) is 5.12 Å². The molecule has 0 N–H and O–H groups in total. The first-order valence-electron chi connectivity index (χ1n) is 8.06. The molecule has 0 bridgehead atoms. The van der Waals surface area contributed by atoms with E-state index in [9.17, 15) is 4.79 Å². The number of hydrogen-bond donors (Lipinski definition) is 0. The number of carbonyl (C=O) groups excluding carboxylic acids is 1. The molecule has 2 nitrogen and oxygen atoms in total. The van der Waals surface area contributed by atoms with Crippen LogP contribution in [0, 0.1) is 13.8 Å². The summed E-state index contributed by atoms with van der Waals surface area (Å²) in [4.78, 5) is 12.8. The van der Waals surface area contributed by atoms with Gasteiger partial charge in [0.25, 0.3) is 0 Å². The van der Waals surface area contributed by atoms with Gasteiger partial charge in [-0.3, -0.25) is 4.79 Å². The zero-order valence-corrected chi connectivity index (χ0v) is 15.1. The summed E-state index contributed by atoms with van der Waals surface area (Å²) in [6.07, 6.45) is 1.56. The van der Waals surface area contributed by atoms with Crippen molar-refractivity contribution in [1.82, 2.24) is 0 Å². The van der Waals surface area contributed by atoms with Gasteiger partial charge in [0.15, 0.2) is 5.12 Å². The van der Waals surface area contributed by atoms with Gasteiger partial charge in [0.2, 0.25) is 0 Å². The first-order chi connectivity index (χ1) is 11.0. The lowest BCUT2D eigenvalue weighted by Gasteiger charge is -2.14. The van der Waals surface area contributed by atoms with Crippen molar-refractivity contribution in [3.05, 3.63) is 58.7 Å². The number of benzene rings is 2. The van der Waals surface area contributed by atoms with Crippen molar-refractivity contribution in [2.45, 2.75) is 52.0 Å². The van der Waals surface area contributed by atoms with Crippen LogP contribution >= 0.6 is 11.8 Å². The van der Waals surface area contributed by atoms with E-state index in [0.717, 1.165) is 33.8 Å². The van der Waals surface area contributed by atoms with E-state index in [1.807, 2.05) is 25.1 Å². The third-order valence-electron chi connectivity index (χ3n) is 3.90. The Balaban J connectivity index is 2.18. The Kier molecular flexibility index (Phi) is 6.28. The van der Waals surface area contributed by atoms with Crippen LogP contribution in [0.15, 0.2) is 41.3 Å². The average molecular weight is 328 g/mol. The molecule has 0 saturated carbocycles. The minimum Gasteiger partial charge on any atom is -0.489 e. The highest BCUT2D eigenvalue weighted by Crippen LogP contribution is 2.29. The fourth-order valence-corrected chi connectivity index (χ4v) is 3.27. The molecule has 0 aromatic heterocycles. The number of thioether (sulfide) groups is 1. The number of ether oxygens (including phenoxy) is 1. The fourth-order valence-electron chi connectivity index (χ4n) is 2.39. The van der Waals surface area contributed by atoms with Gasteiger partial charge in [-0.05, 0) is 49.1 Å². The van der Waals surface area contributed by atoms with E-state index in [4.69, 9.17) is 4.74 Å². The molecule has 2 aromatic rings. The number of rotatable bonds is 6. The maximum Gasteiger partial charge on any atom is 0.193 e. The van der Waals surface area contributed by atoms with Gasteiger partial charge in [0.05, 0.1) is 0 Å². The Morgan fingerprint density at radius 1 is 1.09 bits per heavy atom. The Labute approximate surface area is 143 Å². The van der Waals surface area contributed by atoms with E-state index in [1.54, 1.807) is 0 Å². The van der Waals surface area contributed by atoms with Gasteiger partial charge in [-0.1, -0.05) is 49.9 Å². The van der Waals surface area contributed by atoms with Gasteiger partial charge in [0.1, 0.15) is 12.4 Å². The summed E-state index contributed by atoms with van der Waals surface area (Å²) in [5.41, 5.74) is 4.72. The first kappa shape index (κ1) is 17.6. The third-order valence-corrected chi connectivity index (χ3v) is 5.02. The smallest absolute Gasteiger partial charge is 0.193 e. The van der Waals surface area contributed by atoms with Crippen LogP contribution in [0.25, 0.3) is 0 Å². The lowest BCUT2D eigenvalue weighted by molar-refractivity contribution is -0.110. The highest BCUT2D eigenvalue weighted by molar-refractivity contribution is 8.13. The standard InChI is InChI=1S/C20H24O2S/c1-5-16-10-11-18(15(4)12-16)22-13-17-14(3)8-7-9-19(17)23-20(21)6-2/h7-12H,5-6,13H2,1-4H3. The van der Waals surface area contributed by atoms with E-state index in [1.165, 1.54) is 17.3 Å². The van der Waals surface area contributed by atoms with Crippen molar-refractivity contribution in [3.8, 4) is 5.75 Å². The summed E-state index contributed by atoms with van der Waals surface area (Å²) in [5.74, 6) is 0.906. The van der Waals surface area contributed by atoms with Crippen LogP contribution in [0.2, 0.25) is 0 Å². The highest BCUT2D eigenvalue weighted by Gasteiger charge is 2.11. The topological polar surface area (TPSA) is 26.3 Å². The van der Waals surface area contributed by atoms with Gasteiger partial charge >= 0.3 is 0 Å². The Bertz CT molecular complexity index is 692. The molecule has 0 fully saturated rings. The van der Waals surface area contributed by atoms with E-state index in [-0.39, 0.29) is 5.12 Å². The molecule has 3 heteroatoms. The van der Waals surface area contributed by atoms with E-state index >= 15 is 0 Å². The fraction of sp³-hybridized carbons (Fsp3) is 0.350. The lowest BCUT2D eigenvalue weighted by Crippen LogP contribution is -2.02. The van der Waals surface area contributed by atoms with Crippen LogP contribution < -0.4 is 4.74 Å². The van der Waals surface area contributed by atoms with Gasteiger partial charge in [-0.2, -0.15) is 0 Å². The lowest BCUT2D eigenvalue weighted by atomic mass is 10.1. The Morgan fingerprint density at radius 2 is 1.87 bits per heavy atom. The normalized spacial score (nSPS) is 10.6. The van der Waals surface area contributed by atoms with Crippen LogP contribution in [0.5, 0.6) is 5.75 Å². The molecule has 0 saturated heterocycles. The second-order valence-corrected chi connectivity index (χ2v) is 6.72. The minimum atomic E-state index is 0.181. The average Bonchev–Trinajstić information content (AvgIpc) is 2.55. The van der Waals surface area contributed by atoms with Crippen molar-refractivity contribution in [2.24, 2.45) is 0 Å². The summed E-state index contributed by atoms with van der Waals surface area (Å²) >= 11 is 1.31. The van der Waals surface area contributed by atoms with Crippen LogP contribution in [-0.2, 0) is 17.8 Å². The van der Waals surface area contributed by atoms with Crippen molar-refractivity contribution in [1.29, 1.82) is 0 Å². The highest BCUT2D eigenvalue weighted by atomic mass is 32.2. The molecule has 0 atom stereocenters. The molecule has 0 aliphatic heterocycles. The van der Waals surface area contributed by atoms with Gasteiger partial charge in [0, 0.05) is 16.9 Å². The molecule has 0 aliphatic rings. The maximum atomic E-state index is 11.8. The van der Waals surface area contributed by atoms with E-state index < -0.39 is 0 Å². The van der Waals surface area contributed by atoms with Crippen molar-refractivity contribution in [3.63, 3.8) is 0 Å². The van der Waals surface area contributed by atoms with Crippen molar-refractivity contribution >= 4 is 16.9 Å². The summed E-state index contributed by atoms with van der Waals surface area (Å²) in [5, 5.41) is 0.181. The molecule has 0 heterocycles. The monoisotopic (exact) mass is 328 g/mol. The molecular weight excluding hydrogens is 304 g/mol. The third kappa shape index (κ3) is 4.61. The van der Waals surface area contributed by atoms with Crippen LogP contribution in [0.4, 0.5) is 0 Å². The van der Waals surface area contributed by atoms with Gasteiger partial charge in [-0.25, -0.2) is 0 Å². The van der Waals surface area contributed by atoms with E-state index in [2.05, 4.69) is 39.0 Å². The van der Waals surface area contributed by atoms with Crippen molar-refractivity contribution in [2.75, 3.05) is 0 Å². The minimum absolute atomic E-state index is 0.181. The number of carbonyl (C=O) groups is 1. The second kappa shape index (κ2) is 8.21. The van der Waals surface area contributed by atoms with E-state index in [0.29, 0.717) is 13.0 Å². The van der Waals surface area contributed by atoms with Crippen molar-refractivity contribution < 1.29 is 9.53 Å². The molecule has 0 unspecified atom stereocenters. The summed E-state index contributed by atoms with van der Waals surface area (Å²) in [7, 11) is 0. The molecule has 0 amide bonds. The SMILES string of the molecule is CCC(=O)Sc1cccc(C)c1COc1ccc(CC)cc1C. The molecule has 2 aromatic carbocycles. The number of hydrogen-bond acceptors (Lipinski definition) is 3. The van der Waals surface area contributed by atoms with Gasteiger partial charge < -0.3 is 4.74 Å². The molecule has 122 valence electrons. The van der Waals surface area contributed by atoms with Crippen LogP contribution in [0.1, 0.15) is 42.5 Å². The Morgan fingerprint density at radius 3 is 2.52 bits per heavy atom. The first-order valence-corrected chi connectivity index (χ1v) is 8.88. The molecule has 2 rings (SSSR count). The van der Waals surface area contributed by atoms with Crippen LogP contribution in [0.3, 0.4) is 0 Å².